The zero-order valence-electron chi connectivity index (χ0n) is 28.8. The minimum Gasteiger partial charge on any atom is -0.365 e. The quantitative estimate of drug-likeness (QED) is 0.193. The molecule has 1 aliphatic heterocycles. The van der Waals surface area contributed by atoms with Crippen molar-refractivity contribution >= 4 is 0 Å². The van der Waals surface area contributed by atoms with Gasteiger partial charge in [-0.15, -0.1) is 6.58 Å². The lowest BCUT2D eigenvalue weighted by Crippen LogP contribution is -2.39. The number of nitrogens with zero attached hydrogens (tertiary/aromatic N) is 1. The van der Waals surface area contributed by atoms with Gasteiger partial charge < -0.3 is 4.90 Å². The molecule has 0 spiro atoms. The highest BCUT2D eigenvalue weighted by Gasteiger charge is 2.40. The standard InChI is InChI=1S/C42H63N/c1-10-14-36-22-25-39(24-19-31(36)5)43-35(9)41(34(8)42(43)15-11-2)26-20-30(4)33(7)38-23-27-40(32(6)28-38)37-17-13-12-16-29(3)18-21-37/h11,19-20,26,28-29,34,36-37,39,42H,2,7,9-10,12-18,21-25,27H2,1,3-6,8H3/b30-20+,41-26-. The third kappa shape index (κ3) is 8.06. The Labute approximate surface area is 266 Å². The van der Waals surface area contributed by atoms with Crippen molar-refractivity contribution in [2.75, 3.05) is 0 Å². The largest absolute Gasteiger partial charge is 0.365 e. The fraction of sp³-hybridized carbons (Fsp3) is 0.619. The van der Waals surface area contributed by atoms with Crippen LogP contribution in [-0.4, -0.2) is 17.0 Å². The number of rotatable bonds is 9. The average Bonchev–Trinajstić information content (AvgIpc) is 3.08. The number of allylic oxidation sites excluding steroid dienone is 10. The molecule has 6 unspecified atom stereocenters. The Hall–Kier alpha value is -2.28. The molecule has 43 heavy (non-hydrogen) atoms. The maximum absolute atomic E-state index is 4.71. The van der Waals surface area contributed by atoms with Gasteiger partial charge in [-0.25, -0.2) is 0 Å². The molecule has 0 radical (unpaired) electrons. The van der Waals surface area contributed by atoms with Crippen LogP contribution in [0.4, 0.5) is 0 Å². The summed E-state index contributed by atoms with van der Waals surface area (Å²) >= 11 is 0. The van der Waals surface area contributed by atoms with Crippen LogP contribution >= 0.6 is 0 Å². The first-order valence-electron chi connectivity index (χ1n) is 17.9. The fourth-order valence-corrected chi connectivity index (χ4v) is 8.72. The molecule has 1 saturated heterocycles. The van der Waals surface area contributed by atoms with Crippen molar-refractivity contribution in [2.45, 2.75) is 144 Å². The lowest BCUT2D eigenvalue weighted by atomic mass is 9.76. The summed E-state index contributed by atoms with van der Waals surface area (Å²) in [6.45, 7) is 27.6. The number of likely N-dealkylation sites (tertiary alicyclic amines) is 1. The first-order valence-corrected chi connectivity index (χ1v) is 17.9. The maximum atomic E-state index is 4.71. The van der Waals surface area contributed by atoms with E-state index < -0.39 is 0 Å². The predicted octanol–water partition coefficient (Wildman–Crippen LogP) is 12.4. The van der Waals surface area contributed by atoms with Crippen molar-refractivity contribution in [3.8, 4) is 0 Å². The number of hydrogen-bond acceptors (Lipinski definition) is 1. The van der Waals surface area contributed by atoms with E-state index in [1.807, 2.05) is 0 Å². The van der Waals surface area contributed by atoms with Gasteiger partial charge in [0.15, 0.2) is 0 Å². The topological polar surface area (TPSA) is 3.24 Å². The van der Waals surface area contributed by atoms with E-state index >= 15 is 0 Å². The highest BCUT2D eigenvalue weighted by Crippen LogP contribution is 2.44. The molecule has 4 aliphatic rings. The zero-order valence-corrected chi connectivity index (χ0v) is 28.8. The third-order valence-electron chi connectivity index (χ3n) is 11.7. The van der Waals surface area contributed by atoms with Crippen molar-refractivity contribution in [3.63, 3.8) is 0 Å². The van der Waals surface area contributed by atoms with Crippen LogP contribution in [0.3, 0.4) is 0 Å². The molecule has 0 aromatic heterocycles. The van der Waals surface area contributed by atoms with Crippen molar-refractivity contribution < 1.29 is 0 Å². The summed E-state index contributed by atoms with van der Waals surface area (Å²) in [5, 5.41) is 0. The van der Waals surface area contributed by atoms with Crippen LogP contribution in [0, 0.1) is 23.7 Å². The lowest BCUT2D eigenvalue weighted by molar-refractivity contribution is 0.182. The van der Waals surface area contributed by atoms with Crippen LogP contribution in [0.2, 0.25) is 0 Å². The lowest BCUT2D eigenvalue weighted by Gasteiger charge is -2.35. The van der Waals surface area contributed by atoms with E-state index in [0.29, 0.717) is 18.0 Å². The Morgan fingerprint density at radius 1 is 1.02 bits per heavy atom. The summed E-state index contributed by atoms with van der Waals surface area (Å²) in [6, 6.07) is 0.971. The molecule has 2 fully saturated rings. The van der Waals surface area contributed by atoms with Crippen LogP contribution in [-0.2, 0) is 0 Å². The van der Waals surface area contributed by atoms with Gasteiger partial charge in [-0.3, -0.25) is 0 Å². The molecule has 0 N–H and O–H groups in total. The molecule has 3 aliphatic carbocycles. The molecule has 0 aromatic carbocycles. The van der Waals surface area contributed by atoms with Crippen LogP contribution in [0.5, 0.6) is 0 Å². The first-order chi connectivity index (χ1) is 20.7. The van der Waals surface area contributed by atoms with Crippen LogP contribution < -0.4 is 0 Å². The summed E-state index contributed by atoms with van der Waals surface area (Å²) in [6.07, 6.45) is 29.8. The summed E-state index contributed by atoms with van der Waals surface area (Å²) in [4.78, 5) is 2.68. The van der Waals surface area contributed by atoms with Crippen LogP contribution in [0.15, 0.2) is 94.8 Å². The van der Waals surface area contributed by atoms with Gasteiger partial charge in [0.2, 0.25) is 0 Å². The third-order valence-corrected chi connectivity index (χ3v) is 11.7. The Morgan fingerprint density at radius 3 is 2.51 bits per heavy atom. The molecule has 236 valence electrons. The van der Waals surface area contributed by atoms with Crippen molar-refractivity contribution in [1.29, 1.82) is 0 Å². The van der Waals surface area contributed by atoms with Gasteiger partial charge in [0.25, 0.3) is 0 Å². The van der Waals surface area contributed by atoms with Gasteiger partial charge in [-0.05, 0) is 119 Å². The molecule has 1 heteroatoms. The second-order valence-corrected chi connectivity index (χ2v) is 14.6. The molecule has 1 saturated carbocycles. The summed E-state index contributed by atoms with van der Waals surface area (Å²) < 4.78 is 0. The van der Waals surface area contributed by atoms with Gasteiger partial charge in [0.05, 0.1) is 0 Å². The molecular weight excluding hydrogens is 518 g/mol. The average molecular weight is 582 g/mol. The van der Waals surface area contributed by atoms with Crippen LogP contribution in [0.1, 0.15) is 131 Å². The smallest absolute Gasteiger partial charge is 0.0394 e. The predicted molar refractivity (Wildman–Crippen MR) is 190 cm³/mol. The van der Waals surface area contributed by atoms with Crippen molar-refractivity contribution in [3.05, 3.63) is 94.8 Å². The van der Waals surface area contributed by atoms with Crippen molar-refractivity contribution in [2.24, 2.45) is 23.7 Å². The first kappa shape index (κ1) is 33.6. The van der Waals surface area contributed by atoms with Gasteiger partial charge >= 0.3 is 0 Å². The Balaban J connectivity index is 1.50. The molecule has 6 atom stereocenters. The Morgan fingerprint density at radius 2 is 1.79 bits per heavy atom. The second-order valence-electron chi connectivity index (χ2n) is 14.6. The van der Waals surface area contributed by atoms with Gasteiger partial charge in [-0.1, -0.05) is 113 Å². The van der Waals surface area contributed by atoms with E-state index in [2.05, 4.69) is 90.0 Å². The van der Waals surface area contributed by atoms with E-state index in [1.165, 1.54) is 104 Å². The van der Waals surface area contributed by atoms with Gasteiger partial charge in [0.1, 0.15) is 0 Å². The highest BCUT2D eigenvalue weighted by molar-refractivity contribution is 5.51. The minimum absolute atomic E-state index is 0.440. The van der Waals surface area contributed by atoms with E-state index in [-0.39, 0.29) is 0 Å². The molecular formula is C42H63N. The minimum atomic E-state index is 0.440. The van der Waals surface area contributed by atoms with Gasteiger partial charge in [-0.2, -0.15) is 0 Å². The molecule has 4 rings (SSSR count). The van der Waals surface area contributed by atoms with Gasteiger partial charge in [0, 0.05) is 23.7 Å². The molecule has 1 heterocycles. The van der Waals surface area contributed by atoms with Crippen molar-refractivity contribution in [1.82, 2.24) is 4.90 Å². The Bertz CT molecular complexity index is 1180. The van der Waals surface area contributed by atoms with E-state index in [0.717, 1.165) is 37.0 Å². The zero-order chi connectivity index (χ0) is 31.1. The SMILES string of the molecule is C=CCC1C(C)/C(=C/C=C(\C)C(=C)C2=CC(C)=C(C3CCCCC(C)CC3)CC2)C(=C)N1C1CC=C(C)C(CCC)CC1. The molecule has 0 bridgehead atoms. The van der Waals surface area contributed by atoms with E-state index in [1.54, 1.807) is 11.1 Å². The molecule has 1 nitrogen and oxygen atoms in total. The maximum Gasteiger partial charge on any atom is 0.0394 e. The summed E-state index contributed by atoms with van der Waals surface area (Å²) in [5.74, 6) is 2.87. The normalized spacial score (nSPS) is 32.2. The summed E-state index contributed by atoms with van der Waals surface area (Å²) in [7, 11) is 0. The fourth-order valence-electron chi connectivity index (χ4n) is 8.72. The molecule has 0 aromatic rings. The van der Waals surface area contributed by atoms with Crippen LogP contribution in [0.25, 0.3) is 0 Å². The monoisotopic (exact) mass is 581 g/mol. The molecule has 0 amide bonds. The highest BCUT2D eigenvalue weighted by atomic mass is 15.2. The second kappa shape index (κ2) is 15.6. The van der Waals surface area contributed by atoms with E-state index in [9.17, 15) is 0 Å². The van der Waals surface area contributed by atoms with E-state index in [4.69, 9.17) is 6.58 Å². The summed E-state index contributed by atoms with van der Waals surface area (Å²) in [5.41, 5.74) is 11.4. The Kier molecular flexibility index (Phi) is 12.2. The number of hydrogen-bond donors (Lipinski definition) is 0.